The van der Waals surface area contributed by atoms with Gasteiger partial charge in [-0.05, 0) is 12.8 Å². The standard InChI is InChI=1S/C4H9O3P.C2H8N2.Ca.2H/c5-8-6-3-1-2-4-7-8;3-1-2-4;;;/h8H,1-4H2;1-4H2;;;. The molecule has 13 heavy (non-hydrogen) atoms. The monoisotopic (exact) mass is 238 g/mol. The van der Waals surface area contributed by atoms with Crippen molar-refractivity contribution in [3.63, 3.8) is 0 Å². The van der Waals surface area contributed by atoms with Crippen LogP contribution in [0.2, 0.25) is 0 Å². The van der Waals surface area contributed by atoms with E-state index in [0.717, 1.165) is 12.8 Å². The third-order valence-corrected chi connectivity index (χ3v) is 2.02. The molecule has 0 atom stereocenters. The molecule has 0 aromatic carbocycles. The number of hydrogen-bond acceptors (Lipinski definition) is 5. The van der Waals surface area contributed by atoms with E-state index < -0.39 is 8.25 Å². The number of rotatable bonds is 1. The van der Waals surface area contributed by atoms with Gasteiger partial charge in [0, 0.05) is 13.1 Å². The molecule has 1 fully saturated rings. The summed E-state index contributed by atoms with van der Waals surface area (Å²) in [6, 6.07) is 0. The summed E-state index contributed by atoms with van der Waals surface area (Å²) in [6.07, 6.45) is 1.94. The van der Waals surface area contributed by atoms with E-state index in [1.807, 2.05) is 0 Å². The molecule has 1 aliphatic rings. The molecule has 1 saturated heterocycles. The first kappa shape index (κ1) is 16.7. The maximum absolute atomic E-state index is 10.4. The SMILES string of the molecule is NCCN.O=[PH]1OCCCCO1.[CaH2]. The van der Waals surface area contributed by atoms with Gasteiger partial charge in [-0.1, -0.05) is 0 Å². The van der Waals surface area contributed by atoms with Gasteiger partial charge in [0.15, 0.2) is 0 Å². The number of nitrogens with two attached hydrogens (primary N) is 2. The average molecular weight is 238 g/mol. The fraction of sp³-hybridized carbons (Fsp3) is 1.00. The molecule has 0 amide bonds. The molecule has 0 saturated carbocycles. The Morgan fingerprint density at radius 2 is 1.46 bits per heavy atom. The second kappa shape index (κ2) is 13.3. The van der Waals surface area contributed by atoms with Crippen LogP contribution in [0.25, 0.3) is 0 Å². The van der Waals surface area contributed by atoms with Gasteiger partial charge in [0.25, 0.3) is 0 Å². The summed E-state index contributed by atoms with van der Waals surface area (Å²) in [6.45, 7) is 2.38. The van der Waals surface area contributed by atoms with E-state index in [-0.39, 0.29) is 37.7 Å². The van der Waals surface area contributed by atoms with Crippen LogP contribution in [0, 0.1) is 0 Å². The van der Waals surface area contributed by atoms with E-state index in [1.54, 1.807) is 0 Å². The topological polar surface area (TPSA) is 87.6 Å². The van der Waals surface area contributed by atoms with Crippen molar-refractivity contribution in [1.29, 1.82) is 0 Å². The van der Waals surface area contributed by atoms with Crippen molar-refractivity contribution in [1.82, 2.24) is 0 Å². The van der Waals surface area contributed by atoms with Crippen molar-refractivity contribution in [2.24, 2.45) is 11.5 Å². The fourth-order valence-electron chi connectivity index (χ4n) is 0.557. The van der Waals surface area contributed by atoms with Crippen LogP contribution in [0.3, 0.4) is 0 Å². The predicted molar refractivity (Wildman–Crippen MR) is 56.8 cm³/mol. The van der Waals surface area contributed by atoms with E-state index in [9.17, 15) is 4.57 Å². The molecule has 0 spiro atoms. The van der Waals surface area contributed by atoms with Crippen LogP contribution in [0.4, 0.5) is 0 Å². The van der Waals surface area contributed by atoms with Gasteiger partial charge in [-0.3, -0.25) is 4.57 Å². The van der Waals surface area contributed by atoms with E-state index in [4.69, 9.17) is 20.5 Å². The molecule has 0 aromatic heterocycles. The Bertz CT molecular complexity index is 116. The second-order valence-corrected chi connectivity index (χ2v) is 3.31. The van der Waals surface area contributed by atoms with Crippen LogP contribution in [-0.2, 0) is 13.6 Å². The summed E-state index contributed by atoms with van der Waals surface area (Å²) in [5, 5.41) is 0. The number of hydrogen-bond donors (Lipinski definition) is 2. The van der Waals surface area contributed by atoms with Crippen molar-refractivity contribution >= 4 is 46.0 Å². The van der Waals surface area contributed by atoms with Gasteiger partial charge in [-0.15, -0.1) is 0 Å². The summed E-state index contributed by atoms with van der Waals surface area (Å²) >= 11 is 0. The normalized spacial score (nSPS) is 17.7. The molecule has 78 valence electrons. The summed E-state index contributed by atoms with van der Waals surface area (Å²) in [7, 11) is -2.08. The molecular weight excluding hydrogens is 219 g/mol. The molecular formula is C6H19CaN2O3P. The van der Waals surface area contributed by atoms with Crippen LogP contribution < -0.4 is 11.5 Å². The third kappa shape index (κ3) is 13.3. The Kier molecular flexibility index (Phi) is 17.2. The fourth-order valence-corrected chi connectivity index (χ4v) is 1.26. The van der Waals surface area contributed by atoms with Crippen molar-refractivity contribution < 1.29 is 13.6 Å². The molecule has 0 aliphatic carbocycles. The molecule has 5 nitrogen and oxygen atoms in total. The molecule has 0 bridgehead atoms. The Hall–Kier alpha value is 1.33. The van der Waals surface area contributed by atoms with Gasteiger partial charge < -0.3 is 20.5 Å². The molecule has 7 heteroatoms. The molecule has 1 aliphatic heterocycles. The zero-order valence-electron chi connectivity index (χ0n) is 7.12. The van der Waals surface area contributed by atoms with Gasteiger partial charge in [0.2, 0.25) is 0 Å². The molecule has 0 radical (unpaired) electrons. The van der Waals surface area contributed by atoms with E-state index >= 15 is 0 Å². The van der Waals surface area contributed by atoms with E-state index in [2.05, 4.69) is 0 Å². The summed E-state index contributed by atoms with van der Waals surface area (Å²) in [5.41, 5.74) is 9.81. The molecule has 4 N–H and O–H groups in total. The molecule has 0 unspecified atom stereocenters. The second-order valence-electron chi connectivity index (χ2n) is 2.23. The minimum absolute atomic E-state index is 0. The van der Waals surface area contributed by atoms with Gasteiger partial charge >= 0.3 is 46.0 Å². The molecule has 1 rings (SSSR count). The maximum atomic E-state index is 10.4. The van der Waals surface area contributed by atoms with Crippen molar-refractivity contribution in [2.45, 2.75) is 12.8 Å². The van der Waals surface area contributed by atoms with E-state index in [1.165, 1.54) is 0 Å². The van der Waals surface area contributed by atoms with E-state index in [0.29, 0.717) is 26.3 Å². The predicted octanol–water partition coefficient (Wildman–Crippen LogP) is -0.809. The van der Waals surface area contributed by atoms with Crippen molar-refractivity contribution in [2.75, 3.05) is 26.3 Å². The Morgan fingerprint density at radius 3 is 1.77 bits per heavy atom. The first-order chi connectivity index (χ1) is 5.81. The van der Waals surface area contributed by atoms with Gasteiger partial charge in [0.1, 0.15) is 0 Å². The average Bonchev–Trinajstić information content (AvgIpc) is 2.33. The zero-order chi connectivity index (χ0) is 9.23. The Labute approximate surface area is 109 Å². The van der Waals surface area contributed by atoms with Crippen molar-refractivity contribution in [3.8, 4) is 0 Å². The Balaban J connectivity index is 0. The van der Waals surface area contributed by atoms with Gasteiger partial charge in [0.05, 0.1) is 13.2 Å². The van der Waals surface area contributed by atoms with Crippen molar-refractivity contribution in [3.05, 3.63) is 0 Å². The summed E-state index contributed by atoms with van der Waals surface area (Å²) < 4.78 is 19.9. The van der Waals surface area contributed by atoms with Crippen LogP contribution in [-0.4, -0.2) is 64.0 Å². The zero-order valence-corrected chi connectivity index (χ0v) is 8.12. The van der Waals surface area contributed by atoms with Crippen LogP contribution in [0.1, 0.15) is 12.8 Å². The quantitative estimate of drug-likeness (QED) is 0.461. The Morgan fingerprint density at radius 1 is 1.08 bits per heavy atom. The first-order valence-corrected chi connectivity index (χ1v) is 5.23. The molecule has 1 heterocycles. The van der Waals surface area contributed by atoms with Gasteiger partial charge in [-0.2, -0.15) is 0 Å². The van der Waals surface area contributed by atoms with Crippen LogP contribution in [0.15, 0.2) is 0 Å². The third-order valence-electron chi connectivity index (χ3n) is 1.15. The first-order valence-electron chi connectivity index (χ1n) is 4.01. The molecule has 0 aromatic rings. The van der Waals surface area contributed by atoms with Gasteiger partial charge in [-0.25, -0.2) is 0 Å². The van der Waals surface area contributed by atoms with Crippen LogP contribution >= 0.6 is 8.25 Å². The summed E-state index contributed by atoms with van der Waals surface area (Å²) in [5.74, 6) is 0. The summed E-state index contributed by atoms with van der Waals surface area (Å²) in [4.78, 5) is 0. The minimum atomic E-state index is -2.08. The van der Waals surface area contributed by atoms with Crippen LogP contribution in [0.5, 0.6) is 0 Å².